The van der Waals surface area contributed by atoms with E-state index in [0.717, 1.165) is 12.1 Å². The average Bonchev–Trinajstić information content (AvgIpc) is 3.60. The van der Waals surface area contributed by atoms with Crippen LogP contribution >= 0.6 is 0 Å². The van der Waals surface area contributed by atoms with Gasteiger partial charge in [0.1, 0.15) is 11.6 Å². The maximum atomic E-state index is 15.0. The summed E-state index contributed by atoms with van der Waals surface area (Å²) < 4.78 is 84.2. The minimum absolute atomic E-state index is 0.0357. The number of carbonyl (C=O) groups is 3. The van der Waals surface area contributed by atoms with Crippen molar-refractivity contribution in [1.29, 1.82) is 0 Å². The summed E-state index contributed by atoms with van der Waals surface area (Å²) in [5.41, 5.74) is -1.78. The standard InChI is InChI=1S/C31H31F5N2O6/c1-42-24-14-23(33)25(44-19-8-5-15(6-9-19)30(41)43-2)13-20(24)28(39)38-27-17-4-3-16(11-17)26(27)29(40)37-18-7-10-22(32)21(12-18)31(34,35)36/h3-4,7,10,12-17,19,26-27H,5-6,8-9,11H2,1-2H3,(H,37,40)(H,38,39)/t15?,16-,17+,19?,26+,27-/m0/s1. The Kier molecular flexibility index (Phi) is 8.85. The molecule has 8 nitrogen and oxygen atoms in total. The highest BCUT2D eigenvalue weighted by Gasteiger charge is 2.49. The van der Waals surface area contributed by atoms with Crippen LogP contribution in [0.1, 0.15) is 48.0 Å². The van der Waals surface area contributed by atoms with Gasteiger partial charge in [-0.2, -0.15) is 13.2 Å². The second kappa shape index (κ2) is 12.4. The van der Waals surface area contributed by atoms with Crippen molar-refractivity contribution in [3.8, 4) is 11.5 Å². The fraction of sp³-hybridized carbons (Fsp3) is 0.452. The van der Waals surface area contributed by atoms with Gasteiger partial charge in [0.15, 0.2) is 11.6 Å². The van der Waals surface area contributed by atoms with Crippen molar-refractivity contribution in [1.82, 2.24) is 5.32 Å². The molecule has 2 N–H and O–H groups in total. The van der Waals surface area contributed by atoms with Gasteiger partial charge in [0.2, 0.25) is 5.91 Å². The lowest BCUT2D eigenvalue weighted by Gasteiger charge is -2.29. The van der Waals surface area contributed by atoms with Crippen LogP contribution in [0, 0.1) is 35.3 Å². The van der Waals surface area contributed by atoms with Crippen LogP contribution in [0.15, 0.2) is 42.5 Å². The first kappa shape index (κ1) is 31.3. The number of carbonyl (C=O) groups excluding carboxylic acids is 3. The summed E-state index contributed by atoms with van der Waals surface area (Å²) in [5, 5.41) is 5.27. The van der Waals surface area contributed by atoms with E-state index in [4.69, 9.17) is 14.2 Å². The van der Waals surface area contributed by atoms with E-state index in [1.165, 1.54) is 20.3 Å². The largest absolute Gasteiger partial charge is 0.496 e. The molecule has 0 heterocycles. The Hall–Kier alpha value is -4.16. The summed E-state index contributed by atoms with van der Waals surface area (Å²) in [5.74, 6) is -5.64. The monoisotopic (exact) mass is 622 g/mol. The van der Waals surface area contributed by atoms with Gasteiger partial charge in [-0.3, -0.25) is 14.4 Å². The predicted octanol–water partition coefficient (Wildman–Crippen LogP) is 5.66. The van der Waals surface area contributed by atoms with E-state index >= 15 is 0 Å². The van der Waals surface area contributed by atoms with Crippen LogP contribution in [-0.2, 0) is 20.5 Å². The Labute approximate surface area is 249 Å². The maximum Gasteiger partial charge on any atom is 0.419 e. The first-order chi connectivity index (χ1) is 20.9. The summed E-state index contributed by atoms with van der Waals surface area (Å²) >= 11 is 0. The SMILES string of the molecule is COC(=O)C1CCC(Oc2cc(C(=O)N[C@@H]3[C@H](C(=O)Nc4ccc(F)c(C(F)(F)F)c4)[C@H]4C=C[C@@H]3C4)c(OC)cc2F)CC1. The first-order valence-corrected chi connectivity index (χ1v) is 14.2. The minimum Gasteiger partial charge on any atom is -0.496 e. The molecule has 5 rings (SSSR count). The molecule has 0 saturated heterocycles. The van der Waals surface area contributed by atoms with Crippen molar-refractivity contribution in [2.75, 3.05) is 19.5 Å². The Morgan fingerprint density at radius 2 is 1.59 bits per heavy atom. The normalized spacial score (nSPS) is 25.8. The number of hydrogen-bond donors (Lipinski definition) is 2. The Bertz CT molecular complexity index is 1470. The van der Waals surface area contributed by atoms with Gasteiger partial charge in [-0.25, -0.2) is 8.78 Å². The number of hydrogen-bond acceptors (Lipinski definition) is 6. The van der Waals surface area contributed by atoms with Crippen LogP contribution in [0.3, 0.4) is 0 Å². The summed E-state index contributed by atoms with van der Waals surface area (Å²) in [7, 11) is 2.60. The maximum absolute atomic E-state index is 15.0. The summed E-state index contributed by atoms with van der Waals surface area (Å²) in [6.45, 7) is 0. The number of halogens is 5. The third-order valence-electron chi connectivity index (χ3n) is 8.60. The van der Waals surface area contributed by atoms with Gasteiger partial charge in [0, 0.05) is 17.8 Å². The second-order valence-corrected chi connectivity index (χ2v) is 11.3. The molecular formula is C31H31F5N2O6. The van der Waals surface area contributed by atoms with Gasteiger partial charge < -0.3 is 24.8 Å². The number of anilines is 1. The van der Waals surface area contributed by atoms with Gasteiger partial charge in [0.25, 0.3) is 5.91 Å². The molecule has 0 radical (unpaired) electrons. The zero-order valence-electron chi connectivity index (χ0n) is 23.9. The molecule has 44 heavy (non-hydrogen) atoms. The van der Waals surface area contributed by atoms with Gasteiger partial charge in [0.05, 0.1) is 43.3 Å². The molecule has 3 aliphatic rings. The number of ether oxygens (including phenoxy) is 3. The fourth-order valence-corrected chi connectivity index (χ4v) is 6.39. The number of alkyl halides is 3. The molecule has 0 spiro atoms. The molecule has 2 aromatic carbocycles. The van der Waals surface area contributed by atoms with Crippen molar-refractivity contribution in [3.63, 3.8) is 0 Å². The molecule has 13 heteroatoms. The van der Waals surface area contributed by atoms with Gasteiger partial charge >= 0.3 is 12.1 Å². The smallest absolute Gasteiger partial charge is 0.419 e. The highest BCUT2D eigenvalue weighted by Crippen LogP contribution is 2.45. The molecule has 0 unspecified atom stereocenters. The molecule has 0 aromatic heterocycles. The van der Waals surface area contributed by atoms with E-state index in [1.807, 2.05) is 12.2 Å². The summed E-state index contributed by atoms with van der Waals surface area (Å²) in [6.07, 6.45) is 0.877. The lowest BCUT2D eigenvalue weighted by molar-refractivity contribution is -0.147. The average molecular weight is 623 g/mol. The van der Waals surface area contributed by atoms with E-state index in [0.29, 0.717) is 44.2 Å². The molecule has 2 saturated carbocycles. The lowest BCUT2D eigenvalue weighted by atomic mass is 9.87. The topological polar surface area (TPSA) is 103 Å². The van der Waals surface area contributed by atoms with Crippen molar-refractivity contribution in [2.24, 2.45) is 23.7 Å². The quantitative estimate of drug-likeness (QED) is 0.224. The molecule has 4 atom stereocenters. The highest BCUT2D eigenvalue weighted by atomic mass is 19.4. The van der Waals surface area contributed by atoms with Crippen LogP contribution in [-0.4, -0.2) is 44.1 Å². The third kappa shape index (κ3) is 6.36. The number of nitrogens with one attached hydrogen (secondary N) is 2. The van der Waals surface area contributed by atoms with Crippen LogP contribution < -0.4 is 20.1 Å². The van der Waals surface area contributed by atoms with Crippen LogP contribution in [0.25, 0.3) is 0 Å². The summed E-state index contributed by atoms with van der Waals surface area (Å²) in [4.78, 5) is 38.7. The lowest BCUT2D eigenvalue weighted by Crippen LogP contribution is -2.47. The van der Waals surface area contributed by atoms with E-state index in [9.17, 15) is 36.3 Å². The fourth-order valence-electron chi connectivity index (χ4n) is 6.39. The molecule has 2 fully saturated rings. The van der Waals surface area contributed by atoms with Crippen molar-refractivity contribution < 1.29 is 50.5 Å². The highest BCUT2D eigenvalue weighted by molar-refractivity contribution is 5.99. The predicted molar refractivity (Wildman–Crippen MR) is 147 cm³/mol. The van der Waals surface area contributed by atoms with Crippen LogP contribution in [0.2, 0.25) is 0 Å². The molecule has 3 aliphatic carbocycles. The van der Waals surface area contributed by atoms with E-state index in [2.05, 4.69) is 10.6 Å². The molecular weight excluding hydrogens is 591 g/mol. The number of fused-ring (bicyclic) bond motifs is 2. The zero-order valence-corrected chi connectivity index (χ0v) is 23.9. The molecule has 0 aliphatic heterocycles. The van der Waals surface area contributed by atoms with Crippen LogP contribution in [0.5, 0.6) is 11.5 Å². The number of methoxy groups -OCH3 is 2. The summed E-state index contributed by atoms with van der Waals surface area (Å²) in [6, 6.07) is 3.71. The number of allylic oxidation sites excluding steroid dienone is 1. The Balaban J connectivity index is 1.31. The first-order valence-electron chi connectivity index (χ1n) is 14.2. The molecule has 2 amide bonds. The number of benzene rings is 2. The third-order valence-corrected chi connectivity index (χ3v) is 8.60. The second-order valence-electron chi connectivity index (χ2n) is 11.3. The van der Waals surface area contributed by atoms with Crippen LogP contribution in [0.4, 0.5) is 27.6 Å². The Morgan fingerprint density at radius 1 is 0.886 bits per heavy atom. The minimum atomic E-state index is -4.95. The van der Waals surface area contributed by atoms with E-state index < -0.39 is 47.1 Å². The van der Waals surface area contributed by atoms with Gasteiger partial charge in [-0.05, 0) is 68.2 Å². The Morgan fingerprint density at radius 3 is 2.25 bits per heavy atom. The van der Waals surface area contributed by atoms with Gasteiger partial charge in [-0.1, -0.05) is 12.2 Å². The molecule has 2 bridgehead atoms. The number of rotatable bonds is 8. The number of esters is 1. The zero-order chi connectivity index (χ0) is 31.8. The molecule has 236 valence electrons. The number of amides is 2. The van der Waals surface area contributed by atoms with Crippen molar-refractivity contribution in [2.45, 2.75) is 50.4 Å². The van der Waals surface area contributed by atoms with E-state index in [1.54, 1.807) is 0 Å². The van der Waals surface area contributed by atoms with Crippen molar-refractivity contribution >= 4 is 23.5 Å². The molecule has 2 aromatic rings. The van der Waals surface area contributed by atoms with Gasteiger partial charge in [-0.15, -0.1) is 0 Å². The van der Waals surface area contributed by atoms with E-state index in [-0.39, 0.29) is 52.6 Å². The van der Waals surface area contributed by atoms with Crippen molar-refractivity contribution in [3.05, 3.63) is 65.2 Å².